The zero-order valence-corrected chi connectivity index (χ0v) is 15.9. The first kappa shape index (κ1) is 16.6. The number of hydrogen-bond acceptors (Lipinski definition) is 7. The summed E-state index contributed by atoms with van der Waals surface area (Å²) in [6.07, 6.45) is 0. The van der Waals surface area contributed by atoms with Crippen LogP contribution in [0.25, 0.3) is 10.6 Å². The molecule has 0 bridgehead atoms. The highest BCUT2D eigenvalue weighted by Gasteiger charge is 2.20. The maximum absolute atomic E-state index is 12.6. The Kier molecular flexibility index (Phi) is 4.81. The van der Waals surface area contributed by atoms with Crippen molar-refractivity contribution < 1.29 is 13.2 Å². The van der Waals surface area contributed by atoms with Gasteiger partial charge in [-0.3, -0.25) is 0 Å². The molecule has 3 aromatic rings. The quantitative estimate of drug-likeness (QED) is 0.611. The third kappa shape index (κ3) is 3.63. The summed E-state index contributed by atoms with van der Waals surface area (Å²) in [5, 5.41) is 5.84. The maximum Gasteiger partial charge on any atom is 0.183 e. The van der Waals surface area contributed by atoms with E-state index in [4.69, 9.17) is 4.74 Å². The van der Waals surface area contributed by atoms with Crippen LogP contribution in [0.1, 0.15) is 4.88 Å². The Labute approximate surface area is 150 Å². The molecule has 3 rings (SSSR count). The number of benzene rings is 1. The molecule has 0 aliphatic rings. The van der Waals surface area contributed by atoms with Gasteiger partial charge in [-0.2, -0.15) is 0 Å². The van der Waals surface area contributed by atoms with E-state index in [1.54, 1.807) is 31.4 Å². The molecule has 0 fully saturated rings. The molecule has 2 heterocycles. The number of rotatable bonds is 5. The molecule has 0 saturated carbocycles. The molecule has 0 amide bonds. The van der Waals surface area contributed by atoms with E-state index >= 15 is 0 Å². The zero-order valence-electron chi connectivity index (χ0n) is 11.9. The molecule has 0 spiro atoms. The van der Waals surface area contributed by atoms with E-state index in [-0.39, 0.29) is 10.6 Å². The molecule has 23 heavy (non-hydrogen) atoms. The van der Waals surface area contributed by atoms with Crippen molar-refractivity contribution in [2.24, 2.45) is 0 Å². The third-order valence-corrected chi connectivity index (χ3v) is 7.58. The van der Waals surface area contributed by atoms with E-state index in [9.17, 15) is 8.42 Å². The minimum atomic E-state index is -3.42. The van der Waals surface area contributed by atoms with Crippen LogP contribution in [0.4, 0.5) is 0 Å². The maximum atomic E-state index is 12.6. The Balaban J connectivity index is 1.88. The molecular weight excluding hydrogens is 420 g/mol. The average Bonchev–Trinajstić information content (AvgIpc) is 3.18. The largest absolute Gasteiger partial charge is 0.497 e. The summed E-state index contributed by atoms with van der Waals surface area (Å²) in [7, 11) is -1.88. The standard InChI is InChI=1S/C14H11BrN2O3S3/c1-20-9-2-4-10(5-3-9)23(18,19)8-14-11(15)6-13(22-14)12-7-21-17-16-12/h2-7H,8H2,1H3. The molecule has 0 unspecified atom stereocenters. The highest BCUT2D eigenvalue weighted by Crippen LogP contribution is 2.36. The molecule has 0 saturated heterocycles. The number of halogens is 1. The fraction of sp³-hybridized carbons (Fsp3) is 0.143. The molecule has 5 nitrogen and oxygen atoms in total. The second-order valence-electron chi connectivity index (χ2n) is 4.61. The van der Waals surface area contributed by atoms with Gasteiger partial charge in [0.05, 0.1) is 22.6 Å². The summed E-state index contributed by atoms with van der Waals surface area (Å²) in [5.41, 5.74) is 0.758. The van der Waals surface area contributed by atoms with Crippen molar-refractivity contribution in [2.75, 3.05) is 7.11 Å². The van der Waals surface area contributed by atoms with E-state index < -0.39 is 9.84 Å². The van der Waals surface area contributed by atoms with Crippen molar-refractivity contribution >= 4 is 48.6 Å². The Hall–Kier alpha value is -1.29. The normalized spacial score (nSPS) is 11.6. The van der Waals surface area contributed by atoms with Crippen molar-refractivity contribution in [1.82, 2.24) is 9.59 Å². The van der Waals surface area contributed by atoms with Gasteiger partial charge in [0.1, 0.15) is 11.4 Å². The van der Waals surface area contributed by atoms with Gasteiger partial charge < -0.3 is 4.74 Å². The van der Waals surface area contributed by atoms with Crippen LogP contribution >= 0.6 is 38.8 Å². The molecule has 120 valence electrons. The van der Waals surface area contributed by atoms with Crippen LogP contribution in [0.2, 0.25) is 0 Å². The number of sulfone groups is 1. The second-order valence-corrected chi connectivity index (χ2v) is 9.20. The first-order chi connectivity index (χ1) is 11.0. The summed E-state index contributed by atoms with van der Waals surface area (Å²) in [6, 6.07) is 8.27. The summed E-state index contributed by atoms with van der Waals surface area (Å²) in [4.78, 5) is 1.91. The van der Waals surface area contributed by atoms with Crippen molar-refractivity contribution in [3.63, 3.8) is 0 Å². The first-order valence-corrected chi connectivity index (χ1v) is 10.5. The smallest absolute Gasteiger partial charge is 0.183 e. The van der Waals surface area contributed by atoms with Gasteiger partial charge in [0.25, 0.3) is 0 Å². The molecule has 0 radical (unpaired) electrons. The zero-order chi connectivity index (χ0) is 16.4. The molecule has 2 aromatic heterocycles. The lowest BCUT2D eigenvalue weighted by atomic mass is 10.3. The van der Waals surface area contributed by atoms with Crippen molar-refractivity contribution in [1.29, 1.82) is 0 Å². The summed E-state index contributed by atoms with van der Waals surface area (Å²) in [5.74, 6) is 0.557. The Bertz CT molecular complexity index is 903. The second kappa shape index (κ2) is 6.68. The summed E-state index contributed by atoms with van der Waals surface area (Å²) >= 11 is 6.09. The van der Waals surface area contributed by atoms with Gasteiger partial charge in [0, 0.05) is 14.7 Å². The fourth-order valence-corrected chi connectivity index (χ4v) is 6.14. The van der Waals surface area contributed by atoms with Gasteiger partial charge in [-0.15, -0.1) is 16.4 Å². The van der Waals surface area contributed by atoms with Crippen LogP contribution in [0.5, 0.6) is 5.75 Å². The number of methoxy groups -OCH3 is 1. The minimum absolute atomic E-state index is 0.0673. The lowest BCUT2D eigenvalue weighted by Crippen LogP contribution is -2.04. The highest BCUT2D eigenvalue weighted by molar-refractivity contribution is 9.10. The van der Waals surface area contributed by atoms with Gasteiger partial charge in [0.15, 0.2) is 9.84 Å². The van der Waals surface area contributed by atoms with Crippen molar-refractivity contribution in [3.05, 3.63) is 45.1 Å². The fourth-order valence-electron chi connectivity index (χ4n) is 1.94. The van der Waals surface area contributed by atoms with Gasteiger partial charge >= 0.3 is 0 Å². The molecule has 1 aromatic carbocycles. The molecule has 0 atom stereocenters. The SMILES string of the molecule is COc1ccc(S(=O)(=O)Cc2sc(-c3csnn3)cc2Br)cc1. The molecule has 0 aliphatic heterocycles. The molecule has 9 heteroatoms. The summed E-state index contributed by atoms with van der Waals surface area (Å²) in [6.45, 7) is 0. The van der Waals surface area contributed by atoms with Crippen LogP contribution in [0.3, 0.4) is 0 Å². The minimum Gasteiger partial charge on any atom is -0.497 e. The van der Waals surface area contributed by atoms with E-state index in [1.807, 2.05) is 11.4 Å². The van der Waals surface area contributed by atoms with E-state index in [1.165, 1.54) is 22.9 Å². The van der Waals surface area contributed by atoms with Crippen LogP contribution < -0.4 is 4.74 Å². The molecule has 0 aliphatic carbocycles. The third-order valence-electron chi connectivity index (χ3n) is 3.11. The van der Waals surface area contributed by atoms with Crippen LogP contribution in [-0.2, 0) is 15.6 Å². The predicted molar refractivity (Wildman–Crippen MR) is 94.8 cm³/mol. The molecule has 0 N–H and O–H groups in total. The highest BCUT2D eigenvalue weighted by atomic mass is 79.9. The Morgan fingerprint density at radius 2 is 2.00 bits per heavy atom. The lowest BCUT2D eigenvalue weighted by molar-refractivity contribution is 0.414. The van der Waals surface area contributed by atoms with Crippen molar-refractivity contribution in [3.8, 4) is 16.3 Å². The van der Waals surface area contributed by atoms with Gasteiger partial charge in [0.2, 0.25) is 0 Å². The Morgan fingerprint density at radius 3 is 2.61 bits per heavy atom. The number of hydrogen-bond donors (Lipinski definition) is 0. The molecular formula is C14H11BrN2O3S3. The summed E-state index contributed by atoms with van der Waals surface area (Å²) < 4.78 is 34.8. The number of nitrogens with zero attached hydrogens (tertiary/aromatic N) is 2. The predicted octanol–water partition coefficient (Wildman–Crippen LogP) is 4.01. The number of aromatic nitrogens is 2. The first-order valence-electron chi connectivity index (χ1n) is 6.42. The van der Waals surface area contributed by atoms with E-state index in [0.29, 0.717) is 5.75 Å². The van der Waals surface area contributed by atoms with Gasteiger partial charge in [-0.25, -0.2) is 8.42 Å². The topological polar surface area (TPSA) is 69.2 Å². The number of ether oxygens (including phenoxy) is 1. The van der Waals surface area contributed by atoms with E-state index in [0.717, 1.165) is 19.9 Å². The van der Waals surface area contributed by atoms with Crippen molar-refractivity contribution in [2.45, 2.75) is 10.6 Å². The number of thiophene rings is 1. The van der Waals surface area contributed by atoms with E-state index in [2.05, 4.69) is 25.5 Å². The van der Waals surface area contributed by atoms with Crippen LogP contribution in [-0.4, -0.2) is 25.1 Å². The Morgan fingerprint density at radius 1 is 1.26 bits per heavy atom. The monoisotopic (exact) mass is 430 g/mol. The lowest BCUT2D eigenvalue weighted by Gasteiger charge is -2.05. The van der Waals surface area contributed by atoms with Gasteiger partial charge in [-0.1, -0.05) is 4.49 Å². The average molecular weight is 431 g/mol. The van der Waals surface area contributed by atoms with Crippen LogP contribution in [0, 0.1) is 0 Å². The van der Waals surface area contributed by atoms with Crippen LogP contribution in [0.15, 0.2) is 45.1 Å². The van der Waals surface area contributed by atoms with Gasteiger partial charge in [-0.05, 0) is 57.8 Å².